The van der Waals surface area contributed by atoms with Gasteiger partial charge in [-0.2, -0.15) is 0 Å². The second kappa shape index (κ2) is 9.34. The Morgan fingerprint density at radius 1 is 1.13 bits per heavy atom. The fourth-order valence-corrected chi connectivity index (χ4v) is 5.23. The van der Waals surface area contributed by atoms with Crippen LogP contribution in [0.4, 0.5) is 5.69 Å². The first kappa shape index (κ1) is 21.9. The summed E-state index contributed by atoms with van der Waals surface area (Å²) in [4.78, 5) is 17.0. The third-order valence-electron chi connectivity index (χ3n) is 5.18. The normalized spacial score (nSPS) is 17.3. The smallest absolute Gasteiger partial charge is 0.254 e. The average Bonchev–Trinajstić information content (AvgIpc) is 3.10. The second-order valence-electron chi connectivity index (χ2n) is 7.67. The molecule has 0 N–H and O–H groups in total. The lowest BCUT2D eigenvalue weighted by atomic mass is 10.1. The van der Waals surface area contributed by atoms with Gasteiger partial charge in [-0.25, -0.2) is 8.42 Å². The summed E-state index contributed by atoms with van der Waals surface area (Å²) in [5.41, 5.74) is 2.54. The number of amides is 1. The summed E-state index contributed by atoms with van der Waals surface area (Å²) < 4.78 is 29.6. The average molecular weight is 429 g/mol. The molecule has 0 bridgehead atoms. The summed E-state index contributed by atoms with van der Waals surface area (Å²) in [7, 11) is 0.824. The molecule has 6 nitrogen and oxygen atoms in total. The van der Waals surface area contributed by atoms with E-state index in [1.807, 2.05) is 43.3 Å². The van der Waals surface area contributed by atoms with Gasteiger partial charge in [0.1, 0.15) is 12.4 Å². The number of anilines is 1. The zero-order valence-electron chi connectivity index (χ0n) is 17.5. The van der Waals surface area contributed by atoms with Gasteiger partial charge < -0.3 is 14.5 Å². The summed E-state index contributed by atoms with van der Waals surface area (Å²) in [5, 5.41) is 0. The van der Waals surface area contributed by atoms with E-state index in [1.165, 1.54) is 0 Å². The molecule has 3 rings (SSSR count). The third-order valence-corrected chi connectivity index (χ3v) is 6.94. The predicted octanol–water partition coefficient (Wildman–Crippen LogP) is 3.15. The van der Waals surface area contributed by atoms with Crippen LogP contribution in [0, 0.1) is 0 Å². The minimum Gasteiger partial charge on any atom is -0.490 e. The monoisotopic (exact) mass is 428 g/mol. The number of carbonyl (C=O) groups is 1. The zero-order valence-corrected chi connectivity index (χ0v) is 18.3. The Labute approximate surface area is 178 Å². The van der Waals surface area contributed by atoms with Crippen molar-refractivity contribution in [2.24, 2.45) is 0 Å². The summed E-state index contributed by atoms with van der Waals surface area (Å²) in [6.45, 7) is 4.37. The van der Waals surface area contributed by atoms with Crippen molar-refractivity contribution in [3.63, 3.8) is 0 Å². The van der Waals surface area contributed by atoms with Crippen LogP contribution in [0.3, 0.4) is 0 Å². The fraction of sp³-hybridized carbons (Fsp3) is 0.348. The molecule has 0 saturated carbocycles. The van der Waals surface area contributed by atoms with Gasteiger partial charge in [-0.3, -0.25) is 4.79 Å². The molecule has 1 aliphatic heterocycles. The minimum atomic E-state index is -3.11. The quantitative estimate of drug-likeness (QED) is 0.605. The number of ether oxygens (including phenoxy) is 1. The Morgan fingerprint density at radius 3 is 2.33 bits per heavy atom. The van der Waals surface area contributed by atoms with Crippen molar-refractivity contribution >= 4 is 21.4 Å². The number of hydrogen-bond donors (Lipinski definition) is 0. The number of hydrogen-bond acceptors (Lipinski definition) is 5. The predicted molar refractivity (Wildman–Crippen MR) is 120 cm³/mol. The van der Waals surface area contributed by atoms with Gasteiger partial charge in [0, 0.05) is 37.9 Å². The lowest BCUT2D eigenvalue weighted by Gasteiger charge is -2.29. The van der Waals surface area contributed by atoms with Crippen molar-refractivity contribution in [3.8, 4) is 5.75 Å². The molecule has 30 heavy (non-hydrogen) atoms. The van der Waals surface area contributed by atoms with E-state index in [4.69, 9.17) is 4.74 Å². The van der Waals surface area contributed by atoms with E-state index >= 15 is 0 Å². The summed E-state index contributed by atoms with van der Waals surface area (Å²) in [6, 6.07) is 14.5. The highest BCUT2D eigenvalue weighted by Gasteiger charge is 2.35. The Morgan fingerprint density at radius 2 is 1.80 bits per heavy atom. The summed E-state index contributed by atoms with van der Waals surface area (Å²) >= 11 is 0. The van der Waals surface area contributed by atoms with Crippen LogP contribution in [0.2, 0.25) is 0 Å². The van der Waals surface area contributed by atoms with Crippen LogP contribution in [0.1, 0.15) is 22.3 Å². The van der Waals surface area contributed by atoms with Crippen molar-refractivity contribution in [1.29, 1.82) is 0 Å². The molecule has 2 aromatic rings. The first-order chi connectivity index (χ1) is 14.3. The standard InChI is InChI=1S/C23H28N2O4S/c1-4-14-29-22-11-7-19(8-12-22)23(26)25(21-13-15-30(27,28)17-21)16-18-5-9-20(10-6-18)24(2)3/h4-12,21H,1,13-17H2,2-3H3/t21-/m1/s1. The molecule has 1 fully saturated rings. The highest BCUT2D eigenvalue weighted by molar-refractivity contribution is 7.91. The first-order valence-corrected chi connectivity index (χ1v) is 11.7. The van der Waals surface area contributed by atoms with Crippen molar-refractivity contribution in [2.45, 2.75) is 19.0 Å². The van der Waals surface area contributed by atoms with Gasteiger partial charge in [-0.05, 0) is 48.4 Å². The van der Waals surface area contributed by atoms with Crippen LogP contribution in [0.25, 0.3) is 0 Å². The van der Waals surface area contributed by atoms with Crippen LogP contribution < -0.4 is 9.64 Å². The van der Waals surface area contributed by atoms with Crippen LogP contribution in [-0.2, 0) is 16.4 Å². The van der Waals surface area contributed by atoms with E-state index in [9.17, 15) is 13.2 Å². The number of sulfone groups is 1. The van der Waals surface area contributed by atoms with E-state index in [-0.39, 0.29) is 23.5 Å². The summed E-state index contributed by atoms with van der Waals surface area (Å²) in [5.74, 6) is 0.606. The first-order valence-electron chi connectivity index (χ1n) is 9.90. The molecule has 1 aliphatic rings. The van der Waals surface area contributed by atoms with Crippen molar-refractivity contribution in [2.75, 3.05) is 37.1 Å². The van der Waals surface area contributed by atoms with E-state index in [1.54, 1.807) is 35.2 Å². The molecule has 160 valence electrons. The molecule has 0 spiro atoms. The number of nitrogens with zero attached hydrogens (tertiary/aromatic N) is 2. The Balaban J connectivity index is 1.83. The van der Waals surface area contributed by atoms with Gasteiger partial charge in [-0.15, -0.1) is 0 Å². The fourth-order valence-electron chi connectivity index (χ4n) is 3.50. The van der Waals surface area contributed by atoms with Gasteiger partial charge in [0.2, 0.25) is 0 Å². The Hall–Kier alpha value is -2.80. The highest BCUT2D eigenvalue weighted by atomic mass is 32.2. The van der Waals surface area contributed by atoms with Gasteiger partial charge in [-0.1, -0.05) is 24.8 Å². The Kier molecular flexibility index (Phi) is 6.82. The molecule has 0 aromatic heterocycles. The van der Waals surface area contributed by atoms with Gasteiger partial charge >= 0.3 is 0 Å². The molecule has 7 heteroatoms. The molecule has 0 unspecified atom stereocenters. The van der Waals surface area contributed by atoms with Crippen molar-refractivity contribution < 1.29 is 17.9 Å². The van der Waals surface area contributed by atoms with Crippen molar-refractivity contribution in [1.82, 2.24) is 4.90 Å². The third kappa shape index (κ3) is 5.42. The molecule has 1 amide bonds. The number of benzene rings is 2. The van der Waals surface area contributed by atoms with E-state index in [0.717, 1.165) is 11.3 Å². The molecule has 1 heterocycles. The lowest BCUT2D eigenvalue weighted by molar-refractivity contribution is 0.0681. The lowest BCUT2D eigenvalue weighted by Crippen LogP contribution is -2.40. The maximum Gasteiger partial charge on any atom is 0.254 e. The van der Waals surface area contributed by atoms with E-state index in [0.29, 0.717) is 30.9 Å². The van der Waals surface area contributed by atoms with Crippen molar-refractivity contribution in [3.05, 3.63) is 72.3 Å². The van der Waals surface area contributed by atoms with E-state index in [2.05, 4.69) is 6.58 Å². The van der Waals surface area contributed by atoms with Crippen LogP contribution >= 0.6 is 0 Å². The van der Waals surface area contributed by atoms with E-state index < -0.39 is 9.84 Å². The second-order valence-corrected chi connectivity index (χ2v) is 9.90. The number of rotatable bonds is 8. The largest absolute Gasteiger partial charge is 0.490 e. The zero-order chi connectivity index (χ0) is 21.7. The number of carbonyl (C=O) groups excluding carboxylic acids is 1. The highest BCUT2D eigenvalue weighted by Crippen LogP contribution is 2.24. The maximum atomic E-state index is 13.3. The summed E-state index contributed by atoms with van der Waals surface area (Å²) in [6.07, 6.45) is 2.12. The van der Waals surface area contributed by atoms with Gasteiger partial charge in [0.15, 0.2) is 9.84 Å². The van der Waals surface area contributed by atoms with Gasteiger partial charge in [0.05, 0.1) is 11.5 Å². The van der Waals surface area contributed by atoms with Crippen LogP contribution in [0.15, 0.2) is 61.2 Å². The van der Waals surface area contributed by atoms with Crippen LogP contribution in [0.5, 0.6) is 5.75 Å². The van der Waals surface area contributed by atoms with Crippen LogP contribution in [-0.4, -0.2) is 57.5 Å². The molecule has 1 saturated heterocycles. The Bertz CT molecular complexity index is 983. The SMILES string of the molecule is C=CCOc1ccc(C(=O)N(Cc2ccc(N(C)C)cc2)[C@@H]2CCS(=O)(=O)C2)cc1. The topological polar surface area (TPSA) is 66.9 Å². The molecule has 0 aliphatic carbocycles. The minimum absolute atomic E-state index is 0.00898. The maximum absolute atomic E-state index is 13.3. The molecule has 1 atom stereocenters. The van der Waals surface area contributed by atoms with Gasteiger partial charge in [0.25, 0.3) is 5.91 Å². The molecular weight excluding hydrogens is 400 g/mol. The molecule has 0 radical (unpaired) electrons. The molecule has 2 aromatic carbocycles. The molecular formula is C23H28N2O4S.